The summed E-state index contributed by atoms with van der Waals surface area (Å²) in [7, 11) is 0. The smallest absolute Gasteiger partial charge is 0.144 e. The average molecular weight is 245 g/mol. The minimum Gasteiger partial charge on any atom is -0.409 e. The van der Waals surface area contributed by atoms with Crippen LogP contribution in [0.25, 0.3) is 0 Å². The molecule has 0 aromatic rings. The van der Waals surface area contributed by atoms with Gasteiger partial charge in [-0.3, -0.25) is 0 Å². The molecule has 0 saturated heterocycles. The highest BCUT2D eigenvalue weighted by atomic mass is 16.4. The molecule has 0 bridgehead atoms. The summed E-state index contributed by atoms with van der Waals surface area (Å²) in [5.41, 5.74) is 4.60. The van der Waals surface area contributed by atoms with Crippen LogP contribution in [-0.2, 0) is 0 Å². The number of nitrogens with two attached hydrogens (primary N) is 1. The molecule has 5 heteroatoms. The summed E-state index contributed by atoms with van der Waals surface area (Å²) < 4.78 is 0. The molecule has 0 aliphatic rings. The number of hydrogen-bond donors (Lipinski definition) is 4. The van der Waals surface area contributed by atoms with Gasteiger partial charge in [0.1, 0.15) is 5.84 Å². The topological polar surface area (TPSA) is 90.9 Å². The highest BCUT2D eigenvalue weighted by Gasteiger charge is 2.24. The zero-order valence-corrected chi connectivity index (χ0v) is 11.5. The molecule has 0 aliphatic carbocycles. The second-order valence-corrected chi connectivity index (χ2v) is 5.54. The standard InChI is InChI=1S/C12H27N3O2/c1-5-6-12(4,16)9-14-8-7-11(2,3)10(13)15-17/h14,16-17H,5-9H2,1-4H3,(H2,13,15). The Morgan fingerprint density at radius 3 is 2.35 bits per heavy atom. The molecule has 0 spiro atoms. The Hall–Kier alpha value is -0.810. The highest BCUT2D eigenvalue weighted by molar-refractivity contribution is 5.85. The fraction of sp³-hybridized carbons (Fsp3) is 0.917. The molecule has 0 rings (SSSR count). The van der Waals surface area contributed by atoms with Gasteiger partial charge in [-0.1, -0.05) is 32.3 Å². The van der Waals surface area contributed by atoms with E-state index in [0.717, 1.165) is 25.8 Å². The van der Waals surface area contributed by atoms with Crippen LogP contribution in [-0.4, -0.2) is 34.8 Å². The predicted octanol–water partition coefficient (Wildman–Crippen LogP) is 1.29. The minimum atomic E-state index is -0.657. The number of oxime groups is 1. The predicted molar refractivity (Wildman–Crippen MR) is 70.2 cm³/mol. The van der Waals surface area contributed by atoms with Gasteiger partial charge >= 0.3 is 0 Å². The van der Waals surface area contributed by atoms with E-state index in [1.807, 2.05) is 20.8 Å². The fourth-order valence-electron chi connectivity index (χ4n) is 1.65. The van der Waals surface area contributed by atoms with Crippen LogP contribution in [0.3, 0.4) is 0 Å². The first-order valence-corrected chi connectivity index (χ1v) is 6.16. The van der Waals surface area contributed by atoms with E-state index in [9.17, 15) is 5.11 Å². The Labute approximate surface area is 104 Å². The summed E-state index contributed by atoms with van der Waals surface area (Å²) in [6.07, 6.45) is 2.50. The highest BCUT2D eigenvalue weighted by Crippen LogP contribution is 2.19. The van der Waals surface area contributed by atoms with Crippen LogP contribution in [0.1, 0.15) is 47.0 Å². The van der Waals surface area contributed by atoms with E-state index in [-0.39, 0.29) is 11.3 Å². The summed E-state index contributed by atoms with van der Waals surface area (Å²) >= 11 is 0. The van der Waals surface area contributed by atoms with Crippen molar-refractivity contribution in [1.82, 2.24) is 5.32 Å². The molecule has 0 saturated carbocycles. The van der Waals surface area contributed by atoms with E-state index in [2.05, 4.69) is 17.4 Å². The van der Waals surface area contributed by atoms with Crippen molar-refractivity contribution in [2.45, 2.75) is 52.6 Å². The van der Waals surface area contributed by atoms with Gasteiger partial charge in [0.2, 0.25) is 0 Å². The lowest BCUT2D eigenvalue weighted by molar-refractivity contribution is 0.0498. The summed E-state index contributed by atoms with van der Waals surface area (Å²) in [5, 5.41) is 24.8. The van der Waals surface area contributed by atoms with Crippen molar-refractivity contribution in [1.29, 1.82) is 0 Å². The molecule has 1 unspecified atom stereocenters. The van der Waals surface area contributed by atoms with Crippen molar-refractivity contribution in [3.05, 3.63) is 0 Å². The van der Waals surface area contributed by atoms with Gasteiger partial charge in [-0.15, -0.1) is 0 Å². The number of amidine groups is 1. The second kappa shape index (κ2) is 6.81. The first kappa shape index (κ1) is 16.2. The number of nitrogens with one attached hydrogen (secondary N) is 1. The van der Waals surface area contributed by atoms with Gasteiger partial charge in [-0.2, -0.15) is 0 Å². The lowest BCUT2D eigenvalue weighted by Gasteiger charge is -2.26. The molecule has 0 aromatic heterocycles. The van der Waals surface area contributed by atoms with Crippen LogP contribution < -0.4 is 11.1 Å². The molecule has 0 aliphatic heterocycles. The third-order valence-corrected chi connectivity index (χ3v) is 3.02. The molecule has 0 fully saturated rings. The quantitative estimate of drug-likeness (QED) is 0.170. The maximum atomic E-state index is 9.95. The van der Waals surface area contributed by atoms with E-state index in [4.69, 9.17) is 10.9 Å². The second-order valence-electron chi connectivity index (χ2n) is 5.54. The molecule has 5 nitrogen and oxygen atoms in total. The molecule has 102 valence electrons. The Morgan fingerprint density at radius 2 is 1.88 bits per heavy atom. The van der Waals surface area contributed by atoms with Crippen LogP contribution in [0, 0.1) is 5.41 Å². The van der Waals surface area contributed by atoms with Crippen molar-refractivity contribution >= 4 is 5.84 Å². The van der Waals surface area contributed by atoms with Gasteiger partial charge in [-0.05, 0) is 26.3 Å². The summed E-state index contributed by atoms with van der Waals surface area (Å²) in [5.74, 6) is 0.236. The first-order valence-electron chi connectivity index (χ1n) is 6.16. The van der Waals surface area contributed by atoms with Crippen molar-refractivity contribution < 1.29 is 10.3 Å². The monoisotopic (exact) mass is 245 g/mol. The van der Waals surface area contributed by atoms with Crippen LogP contribution in [0.4, 0.5) is 0 Å². The van der Waals surface area contributed by atoms with E-state index in [1.54, 1.807) is 0 Å². The SMILES string of the molecule is CCCC(C)(O)CNCCC(C)(C)C(N)=NO. The largest absolute Gasteiger partial charge is 0.409 e. The lowest BCUT2D eigenvalue weighted by atomic mass is 9.88. The molecular formula is C12H27N3O2. The number of hydrogen-bond acceptors (Lipinski definition) is 4. The fourth-order valence-corrected chi connectivity index (χ4v) is 1.65. The van der Waals surface area contributed by atoms with Gasteiger partial charge in [0.25, 0.3) is 0 Å². The Morgan fingerprint density at radius 1 is 1.29 bits per heavy atom. The van der Waals surface area contributed by atoms with Crippen molar-refractivity contribution in [2.75, 3.05) is 13.1 Å². The number of aliphatic hydroxyl groups is 1. The number of rotatable bonds is 8. The zero-order valence-electron chi connectivity index (χ0n) is 11.5. The van der Waals surface area contributed by atoms with Gasteiger partial charge in [0.15, 0.2) is 0 Å². The van der Waals surface area contributed by atoms with Gasteiger partial charge in [0, 0.05) is 12.0 Å². The molecule has 0 heterocycles. The molecule has 1 atom stereocenters. The average Bonchev–Trinajstić information content (AvgIpc) is 2.23. The summed E-state index contributed by atoms with van der Waals surface area (Å²) in [6.45, 7) is 9.02. The van der Waals surface area contributed by atoms with Gasteiger partial charge in [-0.25, -0.2) is 0 Å². The van der Waals surface area contributed by atoms with Gasteiger partial charge in [0.05, 0.1) is 5.60 Å². The zero-order chi connectivity index (χ0) is 13.5. The Kier molecular flexibility index (Phi) is 6.49. The van der Waals surface area contributed by atoms with Crippen LogP contribution in [0.5, 0.6) is 0 Å². The summed E-state index contributed by atoms with van der Waals surface area (Å²) in [6, 6.07) is 0. The maximum Gasteiger partial charge on any atom is 0.144 e. The van der Waals surface area contributed by atoms with Crippen LogP contribution in [0.15, 0.2) is 5.16 Å². The van der Waals surface area contributed by atoms with Crippen molar-refractivity contribution in [3.63, 3.8) is 0 Å². The molecular weight excluding hydrogens is 218 g/mol. The van der Waals surface area contributed by atoms with E-state index < -0.39 is 5.60 Å². The molecule has 0 radical (unpaired) electrons. The Bertz CT molecular complexity index is 250. The molecule has 0 aromatic carbocycles. The van der Waals surface area contributed by atoms with E-state index in [1.165, 1.54) is 0 Å². The normalized spacial score (nSPS) is 16.9. The third kappa shape index (κ3) is 6.48. The van der Waals surface area contributed by atoms with Crippen molar-refractivity contribution in [3.8, 4) is 0 Å². The summed E-state index contributed by atoms with van der Waals surface area (Å²) in [4.78, 5) is 0. The van der Waals surface area contributed by atoms with E-state index >= 15 is 0 Å². The lowest BCUT2D eigenvalue weighted by Crippen LogP contribution is -2.40. The molecule has 5 N–H and O–H groups in total. The third-order valence-electron chi connectivity index (χ3n) is 3.02. The van der Waals surface area contributed by atoms with Crippen LogP contribution >= 0.6 is 0 Å². The maximum absolute atomic E-state index is 9.95. The minimum absolute atomic E-state index is 0.236. The van der Waals surface area contributed by atoms with Crippen molar-refractivity contribution in [2.24, 2.45) is 16.3 Å². The van der Waals surface area contributed by atoms with Crippen LogP contribution in [0.2, 0.25) is 0 Å². The first-order chi connectivity index (χ1) is 7.75. The molecule has 17 heavy (non-hydrogen) atoms. The van der Waals surface area contributed by atoms with E-state index in [0.29, 0.717) is 6.54 Å². The van der Waals surface area contributed by atoms with Gasteiger partial charge < -0.3 is 21.4 Å². The Balaban J connectivity index is 3.93. The molecule has 0 amide bonds. The number of nitrogens with zero attached hydrogens (tertiary/aromatic N) is 1.